The Morgan fingerprint density at radius 1 is 1.24 bits per heavy atom. The van der Waals surface area contributed by atoms with Crippen molar-refractivity contribution in [2.75, 3.05) is 13.1 Å². The molecule has 6 heteroatoms. The SMILES string of the molecule is CCN(Cc1cc(CNC(C)(C)C)c(C)o1)CC(F)(F)F. The molecule has 0 radical (unpaired) electrons. The third-order valence-corrected chi connectivity index (χ3v) is 3.11. The molecule has 0 aliphatic rings. The molecule has 1 N–H and O–H groups in total. The quantitative estimate of drug-likeness (QED) is 0.865. The number of halogens is 3. The highest BCUT2D eigenvalue weighted by atomic mass is 19.4. The number of nitrogens with one attached hydrogen (secondary N) is 1. The fourth-order valence-electron chi connectivity index (χ4n) is 1.95. The van der Waals surface area contributed by atoms with Crippen LogP contribution in [0.2, 0.25) is 0 Å². The summed E-state index contributed by atoms with van der Waals surface area (Å²) in [4.78, 5) is 1.32. The molecule has 0 amide bonds. The predicted molar refractivity (Wildman–Crippen MR) is 77.0 cm³/mol. The van der Waals surface area contributed by atoms with Crippen molar-refractivity contribution in [3.05, 3.63) is 23.2 Å². The van der Waals surface area contributed by atoms with Crippen molar-refractivity contribution < 1.29 is 17.6 Å². The molecule has 1 aromatic rings. The minimum Gasteiger partial charge on any atom is -0.465 e. The van der Waals surface area contributed by atoms with Crippen molar-refractivity contribution >= 4 is 0 Å². The molecule has 0 aliphatic heterocycles. The molecular weight excluding hydrogens is 281 g/mol. The van der Waals surface area contributed by atoms with Gasteiger partial charge in [-0.3, -0.25) is 4.90 Å². The molecule has 1 aromatic heterocycles. The molecule has 0 aromatic carbocycles. The Hall–Kier alpha value is -1.01. The monoisotopic (exact) mass is 306 g/mol. The number of rotatable bonds is 6. The predicted octanol–water partition coefficient (Wildman–Crippen LogP) is 3.86. The van der Waals surface area contributed by atoms with Crippen molar-refractivity contribution in [2.24, 2.45) is 0 Å². The summed E-state index contributed by atoms with van der Waals surface area (Å²) in [5, 5.41) is 3.34. The molecule has 3 nitrogen and oxygen atoms in total. The number of nitrogens with zero attached hydrogens (tertiary/aromatic N) is 1. The van der Waals surface area contributed by atoms with Gasteiger partial charge in [0.1, 0.15) is 11.5 Å². The smallest absolute Gasteiger partial charge is 0.401 e. The molecule has 122 valence electrons. The van der Waals surface area contributed by atoms with Gasteiger partial charge < -0.3 is 9.73 Å². The first kappa shape index (κ1) is 18.0. The number of aryl methyl sites for hydroxylation is 1. The molecule has 0 atom stereocenters. The van der Waals surface area contributed by atoms with Crippen LogP contribution in [0.25, 0.3) is 0 Å². The van der Waals surface area contributed by atoms with Gasteiger partial charge in [-0.05, 0) is 40.3 Å². The number of alkyl halides is 3. The van der Waals surface area contributed by atoms with Gasteiger partial charge in [0.2, 0.25) is 0 Å². The van der Waals surface area contributed by atoms with E-state index in [2.05, 4.69) is 26.1 Å². The minimum absolute atomic E-state index is 0.0182. The summed E-state index contributed by atoms with van der Waals surface area (Å²) in [5.74, 6) is 1.33. The topological polar surface area (TPSA) is 28.4 Å². The van der Waals surface area contributed by atoms with Crippen LogP contribution >= 0.6 is 0 Å². The van der Waals surface area contributed by atoms with E-state index in [1.54, 1.807) is 6.92 Å². The highest BCUT2D eigenvalue weighted by molar-refractivity contribution is 5.21. The van der Waals surface area contributed by atoms with Gasteiger partial charge in [0.15, 0.2) is 0 Å². The Bertz CT molecular complexity index is 447. The van der Waals surface area contributed by atoms with E-state index in [1.165, 1.54) is 4.90 Å². The van der Waals surface area contributed by atoms with Gasteiger partial charge >= 0.3 is 6.18 Å². The minimum atomic E-state index is -4.19. The van der Waals surface area contributed by atoms with E-state index in [0.717, 1.165) is 11.3 Å². The second-order valence-electron chi connectivity index (χ2n) is 6.32. The first-order chi connectivity index (χ1) is 9.50. The highest BCUT2D eigenvalue weighted by Crippen LogP contribution is 2.21. The summed E-state index contributed by atoms with van der Waals surface area (Å²) in [5.41, 5.74) is 0.971. The van der Waals surface area contributed by atoms with E-state index < -0.39 is 12.7 Å². The van der Waals surface area contributed by atoms with Crippen LogP contribution < -0.4 is 5.32 Å². The van der Waals surface area contributed by atoms with E-state index in [-0.39, 0.29) is 12.1 Å². The number of hydrogen-bond donors (Lipinski definition) is 1. The molecule has 0 unspecified atom stereocenters. The Morgan fingerprint density at radius 2 is 1.86 bits per heavy atom. The van der Waals surface area contributed by atoms with E-state index in [9.17, 15) is 13.2 Å². The van der Waals surface area contributed by atoms with Gasteiger partial charge in [-0.25, -0.2) is 0 Å². The molecule has 21 heavy (non-hydrogen) atoms. The average Bonchev–Trinajstić information content (AvgIpc) is 2.63. The van der Waals surface area contributed by atoms with E-state index in [4.69, 9.17) is 4.42 Å². The van der Waals surface area contributed by atoms with E-state index in [0.29, 0.717) is 18.8 Å². The molecule has 1 rings (SSSR count). The molecule has 0 aliphatic carbocycles. The first-order valence-corrected chi connectivity index (χ1v) is 7.12. The fourth-order valence-corrected chi connectivity index (χ4v) is 1.95. The third-order valence-electron chi connectivity index (χ3n) is 3.11. The zero-order valence-corrected chi connectivity index (χ0v) is 13.4. The summed E-state index contributed by atoms with van der Waals surface area (Å²) < 4.78 is 42.9. The summed E-state index contributed by atoms with van der Waals surface area (Å²) in [6.07, 6.45) is -4.19. The second kappa shape index (κ2) is 6.83. The lowest BCUT2D eigenvalue weighted by Gasteiger charge is -2.20. The molecule has 0 bridgehead atoms. The zero-order chi connectivity index (χ0) is 16.3. The average molecular weight is 306 g/mol. The maximum Gasteiger partial charge on any atom is 0.401 e. The van der Waals surface area contributed by atoms with Crippen molar-refractivity contribution in [2.45, 2.75) is 59.4 Å². The molecule has 1 heterocycles. The summed E-state index contributed by atoms with van der Waals surface area (Å²) >= 11 is 0. The Labute approximate surface area is 124 Å². The standard InChI is InChI=1S/C15H25F3N2O/c1-6-20(10-15(16,17)18)9-13-7-12(11(2)21-13)8-19-14(3,4)5/h7,19H,6,8-10H2,1-5H3. The van der Waals surface area contributed by atoms with Crippen LogP contribution in [0.15, 0.2) is 10.5 Å². The van der Waals surface area contributed by atoms with Crippen molar-refractivity contribution in [3.63, 3.8) is 0 Å². The first-order valence-electron chi connectivity index (χ1n) is 7.12. The van der Waals surface area contributed by atoms with Crippen molar-refractivity contribution in [3.8, 4) is 0 Å². The normalized spacial score (nSPS) is 13.2. The van der Waals surface area contributed by atoms with Crippen LogP contribution in [-0.4, -0.2) is 29.7 Å². The van der Waals surface area contributed by atoms with Crippen molar-refractivity contribution in [1.29, 1.82) is 0 Å². The molecule has 0 saturated heterocycles. The van der Waals surface area contributed by atoms with Gasteiger partial charge in [-0.2, -0.15) is 13.2 Å². The molecular formula is C15H25F3N2O. The maximum atomic E-state index is 12.4. The number of hydrogen-bond acceptors (Lipinski definition) is 3. The summed E-state index contributed by atoms with van der Waals surface area (Å²) in [6, 6.07) is 1.84. The van der Waals surface area contributed by atoms with Gasteiger partial charge in [0, 0.05) is 17.6 Å². The lowest BCUT2D eigenvalue weighted by Crippen LogP contribution is -2.35. The summed E-state index contributed by atoms with van der Waals surface area (Å²) in [6.45, 7) is 9.96. The lowest BCUT2D eigenvalue weighted by atomic mass is 10.1. The van der Waals surface area contributed by atoms with Crippen LogP contribution in [0, 0.1) is 6.92 Å². The van der Waals surface area contributed by atoms with Crippen LogP contribution in [0.3, 0.4) is 0 Å². The third kappa shape index (κ3) is 7.00. The maximum absolute atomic E-state index is 12.4. The van der Waals surface area contributed by atoms with Gasteiger partial charge in [-0.1, -0.05) is 6.92 Å². The van der Waals surface area contributed by atoms with E-state index in [1.807, 2.05) is 13.0 Å². The highest BCUT2D eigenvalue weighted by Gasteiger charge is 2.30. The second-order valence-corrected chi connectivity index (χ2v) is 6.32. The Balaban J connectivity index is 2.68. The number of furan rings is 1. The van der Waals surface area contributed by atoms with Crippen molar-refractivity contribution in [1.82, 2.24) is 10.2 Å². The molecule has 0 spiro atoms. The van der Waals surface area contributed by atoms with Gasteiger partial charge in [0.25, 0.3) is 0 Å². The molecule has 0 fully saturated rings. The Morgan fingerprint density at radius 3 is 2.33 bits per heavy atom. The van der Waals surface area contributed by atoms with Crippen LogP contribution in [0.4, 0.5) is 13.2 Å². The van der Waals surface area contributed by atoms with E-state index >= 15 is 0 Å². The fraction of sp³-hybridized carbons (Fsp3) is 0.733. The lowest BCUT2D eigenvalue weighted by molar-refractivity contribution is -0.147. The largest absolute Gasteiger partial charge is 0.465 e. The van der Waals surface area contributed by atoms with Gasteiger partial charge in [-0.15, -0.1) is 0 Å². The zero-order valence-electron chi connectivity index (χ0n) is 13.4. The van der Waals surface area contributed by atoms with Crippen LogP contribution in [0.5, 0.6) is 0 Å². The van der Waals surface area contributed by atoms with Crippen LogP contribution in [-0.2, 0) is 13.1 Å². The van der Waals surface area contributed by atoms with Gasteiger partial charge in [0.05, 0.1) is 13.1 Å². The molecule has 0 saturated carbocycles. The van der Waals surface area contributed by atoms with Crippen LogP contribution in [0.1, 0.15) is 44.8 Å². The summed E-state index contributed by atoms with van der Waals surface area (Å²) in [7, 11) is 0. The Kier molecular flexibility index (Phi) is 5.87.